The number of rotatable bonds is 7. The number of hydrogen-bond acceptors (Lipinski definition) is 3. The number of fused-ring (bicyclic) bond motifs is 1. The summed E-state index contributed by atoms with van der Waals surface area (Å²) in [5.74, 6) is 0.106. The SMILES string of the molecule is CCCNC(=O)CCNCc1c[nH]c2ncccc12. The van der Waals surface area contributed by atoms with E-state index in [4.69, 9.17) is 0 Å². The highest BCUT2D eigenvalue weighted by atomic mass is 16.1. The third-order valence-corrected chi connectivity index (χ3v) is 2.95. The molecule has 0 saturated heterocycles. The summed E-state index contributed by atoms with van der Waals surface area (Å²) < 4.78 is 0. The number of H-pyrrole nitrogens is 1. The van der Waals surface area contributed by atoms with Crippen molar-refractivity contribution in [3.05, 3.63) is 30.1 Å². The van der Waals surface area contributed by atoms with Gasteiger partial charge in [-0.05, 0) is 24.1 Å². The van der Waals surface area contributed by atoms with Gasteiger partial charge in [-0.2, -0.15) is 0 Å². The monoisotopic (exact) mass is 260 g/mol. The molecule has 1 amide bonds. The lowest BCUT2D eigenvalue weighted by Crippen LogP contribution is -2.27. The molecule has 0 saturated carbocycles. The van der Waals surface area contributed by atoms with Crippen LogP contribution in [-0.2, 0) is 11.3 Å². The first-order valence-corrected chi connectivity index (χ1v) is 6.69. The van der Waals surface area contributed by atoms with E-state index in [0.29, 0.717) is 13.0 Å². The summed E-state index contributed by atoms with van der Waals surface area (Å²) in [7, 11) is 0. The van der Waals surface area contributed by atoms with E-state index in [1.54, 1.807) is 6.20 Å². The van der Waals surface area contributed by atoms with Crippen LogP contribution < -0.4 is 10.6 Å². The lowest BCUT2D eigenvalue weighted by molar-refractivity contribution is -0.120. The van der Waals surface area contributed by atoms with E-state index in [1.807, 2.05) is 25.3 Å². The van der Waals surface area contributed by atoms with Crippen LogP contribution in [0, 0.1) is 0 Å². The summed E-state index contributed by atoms with van der Waals surface area (Å²) in [6.45, 7) is 4.23. The molecule has 0 aliphatic heterocycles. The molecule has 2 heterocycles. The second-order valence-corrected chi connectivity index (χ2v) is 4.49. The molecule has 0 radical (unpaired) electrons. The van der Waals surface area contributed by atoms with E-state index in [9.17, 15) is 4.79 Å². The van der Waals surface area contributed by atoms with Gasteiger partial charge in [0.2, 0.25) is 5.91 Å². The molecule has 5 heteroatoms. The third kappa shape index (κ3) is 3.79. The number of carbonyl (C=O) groups excluding carboxylic acids is 1. The normalized spacial score (nSPS) is 10.8. The number of nitrogens with zero attached hydrogens (tertiary/aromatic N) is 1. The number of hydrogen-bond donors (Lipinski definition) is 3. The van der Waals surface area contributed by atoms with E-state index in [0.717, 1.165) is 30.5 Å². The van der Waals surface area contributed by atoms with E-state index in [-0.39, 0.29) is 5.91 Å². The Morgan fingerprint density at radius 1 is 1.42 bits per heavy atom. The van der Waals surface area contributed by atoms with Crippen molar-refractivity contribution in [1.82, 2.24) is 20.6 Å². The maximum Gasteiger partial charge on any atom is 0.221 e. The number of amides is 1. The summed E-state index contributed by atoms with van der Waals surface area (Å²) in [6.07, 6.45) is 5.22. The standard InChI is InChI=1S/C14H20N4O/c1-2-6-16-13(19)5-8-15-9-11-10-18-14-12(11)4-3-7-17-14/h3-4,7,10,15H,2,5-6,8-9H2,1H3,(H,16,19)(H,17,18). The van der Waals surface area contributed by atoms with Crippen molar-refractivity contribution in [1.29, 1.82) is 0 Å². The highest BCUT2D eigenvalue weighted by Gasteiger charge is 2.04. The highest BCUT2D eigenvalue weighted by molar-refractivity contribution is 5.79. The maximum absolute atomic E-state index is 11.4. The molecular formula is C14H20N4O. The van der Waals surface area contributed by atoms with Crippen LogP contribution in [0.5, 0.6) is 0 Å². The van der Waals surface area contributed by atoms with Gasteiger partial charge in [0.05, 0.1) is 0 Å². The fourth-order valence-electron chi connectivity index (χ4n) is 1.94. The van der Waals surface area contributed by atoms with Gasteiger partial charge < -0.3 is 15.6 Å². The predicted molar refractivity (Wildman–Crippen MR) is 75.7 cm³/mol. The summed E-state index contributed by atoms with van der Waals surface area (Å²) in [5.41, 5.74) is 2.08. The number of pyridine rings is 1. The van der Waals surface area contributed by atoms with E-state index < -0.39 is 0 Å². The molecule has 0 bridgehead atoms. The average molecular weight is 260 g/mol. The predicted octanol–water partition coefficient (Wildman–Crippen LogP) is 1.57. The van der Waals surface area contributed by atoms with Crippen LogP contribution in [0.2, 0.25) is 0 Å². The van der Waals surface area contributed by atoms with Crippen molar-refractivity contribution >= 4 is 16.9 Å². The Labute approximate surface area is 112 Å². The molecule has 0 aromatic carbocycles. The van der Waals surface area contributed by atoms with Crippen LogP contribution in [0.25, 0.3) is 11.0 Å². The minimum Gasteiger partial charge on any atom is -0.356 e. The smallest absolute Gasteiger partial charge is 0.221 e. The van der Waals surface area contributed by atoms with Crippen LogP contribution in [0.15, 0.2) is 24.5 Å². The molecule has 0 atom stereocenters. The number of nitrogens with one attached hydrogen (secondary N) is 3. The summed E-state index contributed by atoms with van der Waals surface area (Å²) >= 11 is 0. The van der Waals surface area contributed by atoms with Gasteiger partial charge >= 0.3 is 0 Å². The zero-order valence-electron chi connectivity index (χ0n) is 11.2. The largest absolute Gasteiger partial charge is 0.356 e. The van der Waals surface area contributed by atoms with E-state index in [2.05, 4.69) is 20.6 Å². The first-order chi connectivity index (χ1) is 9.31. The van der Waals surface area contributed by atoms with Gasteiger partial charge in [0.25, 0.3) is 0 Å². The Morgan fingerprint density at radius 2 is 2.32 bits per heavy atom. The molecule has 0 unspecified atom stereocenters. The van der Waals surface area contributed by atoms with Crippen LogP contribution in [0.3, 0.4) is 0 Å². The van der Waals surface area contributed by atoms with Gasteiger partial charge in [-0.25, -0.2) is 4.98 Å². The molecule has 5 nitrogen and oxygen atoms in total. The average Bonchev–Trinajstić information content (AvgIpc) is 2.85. The van der Waals surface area contributed by atoms with Crippen molar-refractivity contribution in [3.63, 3.8) is 0 Å². The van der Waals surface area contributed by atoms with E-state index >= 15 is 0 Å². The zero-order chi connectivity index (χ0) is 13.5. The second-order valence-electron chi connectivity index (χ2n) is 4.49. The van der Waals surface area contributed by atoms with Gasteiger partial charge in [0.1, 0.15) is 5.65 Å². The molecule has 0 aliphatic carbocycles. The third-order valence-electron chi connectivity index (χ3n) is 2.95. The van der Waals surface area contributed by atoms with Gasteiger partial charge in [-0.15, -0.1) is 0 Å². The lowest BCUT2D eigenvalue weighted by atomic mass is 10.2. The van der Waals surface area contributed by atoms with Gasteiger partial charge in [0.15, 0.2) is 0 Å². The quantitative estimate of drug-likeness (QED) is 0.662. The fourth-order valence-corrected chi connectivity index (χ4v) is 1.94. The first kappa shape index (κ1) is 13.5. The molecule has 19 heavy (non-hydrogen) atoms. The molecule has 0 aliphatic rings. The highest BCUT2D eigenvalue weighted by Crippen LogP contribution is 2.14. The van der Waals surface area contributed by atoms with Crippen LogP contribution >= 0.6 is 0 Å². The van der Waals surface area contributed by atoms with Crippen molar-refractivity contribution in [2.24, 2.45) is 0 Å². The van der Waals surface area contributed by atoms with Crippen LogP contribution in [0.4, 0.5) is 0 Å². The molecule has 3 N–H and O–H groups in total. The lowest BCUT2D eigenvalue weighted by Gasteiger charge is -2.05. The van der Waals surface area contributed by atoms with Gasteiger partial charge in [-0.3, -0.25) is 4.79 Å². The molecule has 102 valence electrons. The Balaban J connectivity index is 1.75. The van der Waals surface area contributed by atoms with Crippen molar-refractivity contribution in [3.8, 4) is 0 Å². The molecule has 2 rings (SSSR count). The molecule has 2 aromatic heterocycles. The summed E-state index contributed by atoms with van der Waals surface area (Å²) in [4.78, 5) is 18.8. The number of aromatic nitrogens is 2. The number of carbonyl (C=O) groups is 1. The summed E-state index contributed by atoms with van der Waals surface area (Å²) in [6, 6.07) is 3.97. The molecular weight excluding hydrogens is 240 g/mol. The molecule has 2 aromatic rings. The van der Waals surface area contributed by atoms with Crippen LogP contribution in [-0.4, -0.2) is 29.0 Å². The fraction of sp³-hybridized carbons (Fsp3) is 0.429. The van der Waals surface area contributed by atoms with Crippen molar-refractivity contribution in [2.75, 3.05) is 13.1 Å². The minimum atomic E-state index is 0.106. The van der Waals surface area contributed by atoms with Crippen molar-refractivity contribution < 1.29 is 4.79 Å². The first-order valence-electron chi connectivity index (χ1n) is 6.69. The Morgan fingerprint density at radius 3 is 3.16 bits per heavy atom. The zero-order valence-corrected chi connectivity index (χ0v) is 11.2. The Hall–Kier alpha value is -1.88. The van der Waals surface area contributed by atoms with Gasteiger partial charge in [-0.1, -0.05) is 6.92 Å². The minimum absolute atomic E-state index is 0.106. The molecule has 0 fully saturated rings. The van der Waals surface area contributed by atoms with Crippen LogP contribution in [0.1, 0.15) is 25.3 Å². The molecule has 0 spiro atoms. The maximum atomic E-state index is 11.4. The van der Waals surface area contributed by atoms with E-state index in [1.165, 1.54) is 5.56 Å². The Kier molecular flexibility index (Phi) is 4.92. The Bertz CT molecular complexity index is 535. The number of aromatic amines is 1. The summed E-state index contributed by atoms with van der Waals surface area (Å²) in [5, 5.41) is 7.27. The van der Waals surface area contributed by atoms with Gasteiger partial charge in [0, 0.05) is 43.8 Å². The van der Waals surface area contributed by atoms with Crippen molar-refractivity contribution in [2.45, 2.75) is 26.3 Å². The second kappa shape index (κ2) is 6.89. The topological polar surface area (TPSA) is 69.8 Å².